The summed E-state index contributed by atoms with van der Waals surface area (Å²) in [6, 6.07) is 2.59. The van der Waals surface area contributed by atoms with E-state index in [0.717, 1.165) is 10.4 Å². The van der Waals surface area contributed by atoms with Gasteiger partial charge in [-0.05, 0) is 31.0 Å². The van der Waals surface area contributed by atoms with Crippen molar-refractivity contribution in [3.63, 3.8) is 0 Å². The summed E-state index contributed by atoms with van der Waals surface area (Å²) in [5.74, 6) is -2.67. The zero-order valence-electron chi connectivity index (χ0n) is 9.93. The first-order valence-electron chi connectivity index (χ1n) is 5.40. The van der Waals surface area contributed by atoms with Gasteiger partial charge in [-0.2, -0.15) is 0 Å². The van der Waals surface area contributed by atoms with Gasteiger partial charge in [0.2, 0.25) is 0 Å². The van der Waals surface area contributed by atoms with Crippen LogP contribution in [0.3, 0.4) is 0 Å². The van der Waals surface area contributed by atoms with Gasteiger partial charge in [0, 0.05) is 22.6 Å². The highest BCUT2D eigenvalue weighted by Crippen LogP contribution is 2.31. The van der Waals surface area contributed by atoms with Gasteiger partial charge in [-0.25, -0.2) is 13.2 Å². The Morgan fingerprint density at radius 2 is 1.78 bits per heavy atom. The SMILES string of the molecule is CNC(c1ccsc1C)c1c(F)cc(F)cc1F. The van der Waals surface area contributed by atoms with Gasteiger partial charge in [0.05, 0.1) is 6.04 Å². The maximum atomic E-state index is 13.8. The Bertz CT molecular complexity index is 542. The van der Waals surface area contributed by atoms with E-state index in [9.17, 15) is 13.2 Å². The Kier molecular flexibility index (Phi) is 3.73. The first kappa shape index (κ1) is 13.1. The molecule has 0 aliphatic rings. The van der Waals surface area contributed by atoms with Crippen molar-refractivity contribution in [3.05, 3.63) is 57.0 Å². The number of aryl methyl sites for hydroxylation is 1. The standard InChI is InChI=1S/C13H12F3NS/c1-7-9(3-4-18-7)13(17-2)12-10(15)5-8(14)6-11(12)16/h3-6,13,17H,1-2H3. The lowest BCUT2D eigenvalue weighted by atomic mass is 9.98. The summed E-state index contributed by atoms with van der Waals surface area (Å²) in [6.45, 7) is 1.88. The third-order valence-corrected chi connectivity index (χ3v) is 3.69. The highest BCUT2D eigenvalue weighted by molar-refractivity contribution is 7.10. The summed E-state index contributed by atoms with van der Waals surface area (Å²) < 4.78 is 40.4. The molecule has 0 aliphatic heterocycles. The average molecular weight is 271 g/mol. The first-order chi connectivity index (χ1) is 8.54. The molecule has 0 radical (unpaired) electrons. The predicted molar refractivity (Wildman–Crippen MR) is 66.3 cm³/mol. The molecule has 0 bridgehead atoms. The third kappa shape index (κ3) is 2.28. The third-order valence-electron chi connectivity index (χ3n) is 2.83. The number of rotatable bonds is 3. The van der Waals surface area contributed by atoms with Gasteiger partial charge < -0.3 is 5.32 Å². The van der Waals surface area contributed by atoms with Gasteiger partial charge in [-0.3, -0.25) is 0 Å². The molecular weight excluding hydrogens is 259 g/mol. The molecule has 0 saturated carbocycles. The molecule has 0 fully saturated rings. The zero-order valence-corrected chi connectivity index (χ0v) is 10.7. The Morgan fingerprint density at radius 3 is 2.22 bits per heavy atom. The molecule has 1 heterocycles. The van der Waals surface area contributed by atoms with Gasteiger partial charge in [-0.1, -0.05) is 0 Å². The maximum Gasteiger partial charge on any atom is 0.134 e. The van der Waals surface area contributed by atoms with Crippen LogP contribution in [0, 0.1) is 24.4 Å². The number of halogens is 3. The van der Waals surface area contributed by atoms with E-state index in [1.165, 1.54) is 11.3 Å². The molecule has 1 unspecified atom stereocenters. The molecule has 2 aromatic rings. The second kappa shape index (κ2) is 5.12. The fourth-order valence-electron chi connectivity index (χ4n) is 1.98. The maximum absolute atomic E-state index is 13.8. The lowest BCUT2D eigenvalue weighted by molar-refractivity contribution is 0.500. The van der Waals surface area contributed by atoms with E-state index in [4.69, 9.17) is 0 Å². The van der Waals surface area contributed by atoms with Crippen LogP contribution in [0.15, 0.2) is 23.6 Å². The number of nitrogens with one attached hydrogen (secondary N) is 1. The van der Waals surface area contributed by atoms with Crippen LogP contribution in [0.1, 0.15) is 22.0 Å². The highest BCUT2D eigenvalue weighted by atomic mass is 32.1. The van der Waals surface area contributed by atoms with E-state index < -0.39 is 23.5 Å². The predicted octanol–water partition coefficient (Wildman–Crippen LogP) is 3.78. The van der Waals surface area contributed by atoms with Crippen molar-refractivity contribution < 1.29 is 13.2 Å². The van der Waals surface area contributed by atoms with Gasteiger partial charge in [0.1, 0.15) is 17.5 Å². The Morgan fingerprint density at radius 1 is 1.17 bits per heavy atom. The topological polar surface area (TPSA) is 12.0 Å². The van der Waals surface area contributed by atoms with E-state index in [-0.39, 0.29) is 5.56 Å². The van der Waals surface area contributed by atoms with Crippen LogP contribution in [-0.4, -0.2) is 7.05 Å². The number of benzene rings is 1. The lowest BCUT2D eigenvalue weighted by Crippen LogP contribution is -2.20. The summed E-state index contributed by atoms with van der Waals surface area (Å²) in [5.41, 5.74) is 0.646. The summed E-state index contributed by atoms with van der Waals surface area (Å²) in [6.07, 6.45) is 0. The zero-order chi connectivity index (χ0) is 13.3. The molecule has 0 aliphatic carbocycles. The van der Waals surface area contributed by atoms with Gasteiger partial charge in [0.15, 0.2) is 0 Å². The molecular formula is C13H12F3NS. The minimum absolute atomic E-state index is 0.152. The molecule has 0 saturated heterocycles. The van der Waals surface area contributed by atoms with Crippen molar-refractivity contribution in [3.8, 4) is 0 Å². The minimum Gasteiger partial charge on any atom is -0.309 e. The summed E-state index contributed by atoms with van der Waals surface area (Å²) in [7, 11) is 1.62. The number of hydrogen-bond donors (Lipinski definition) is 1. The van der Waals surface area contributed by atoms with Crippen molar-refractivity contribution in [2.45, 2.75) is 13.0 Å². The summed E-state index contributed by atoms with van der Waals surface area (Å²) in [5, 5.41) is 4.72. The average Bonchev–Trinajstić information content (AvgIpc) is 2.69. The smallest absolute Gasteiger partial charge is 0.134 e. The molecule has 18 heavy (non-hydrogen) atoms. The Hall–Kier alpha value is -1.33. The second-order valence-corrected chi connectivity index (χ2v) is 5.06. The molecule has 0 spiro atoms. The van der Waals surface area contributed by atoms with Crippen molar-refractivity contribution >= 4 is 11.3 Å². The molecule has 1 atom stereocenters. The van der Waals surface area contributed by atoms with Gasteiger partial charge >= 0.3 is 0 Å². The Balaban J connectivity index is 2.56. The van der Waals surface area contributed by atoms with Crippen molar-refractivity contribution in [1.82, 2.24) is 5.32 Å². The molecule has 2 rings (SSSR count). The fraction of sp³-hybridized carbons (Fsp3) is 0.231. The highest BCUT2D eigenvalue weighted by Gasteiger charge is 2.23. The molecule has 1 aromatic carbocycles. The van der Waals surface area contributed by atoms with E-state index in [0.29, 0.717) is 12.1 Å². The van der Waals surface area contributed by atoms with Crippen LogP contribution in [0.2, 0.25) is 0 Å². The van der Waals surface area contributed by atoms with Crippen molar-refractivity contribution in [1.29, 1.82) is 0 Å². The lowest BCUT2D eigenvalue weighted by Gasteiger charge is -2.18. The van der Waals surface area contributed by atoms with Crippen LogP contribution in [0.25, 0.3) is 0 Å². The molecule has 0 amide bonds. The largest absolute Gasteiger partial charge is 0.309 e. The van der Waals surface area contributed by atoms with Crippen LogP contribution in [-0.2, 0) is 0 Å². The summed E-state index contributed by atoms with van der Waals surface area (Å²) in [4.78, 5) is 0.970. The minimum atomic E-state index is -0.911. The van der Waals surface area contributed by atoms with Crippen LogP contribution in [0.5, 0.6) is 0 Å². The molecule has 1 N–H and O–H groups in total. The van der Waals surface area contributed by atoms with Crippen molar-refractivity contribution in [2.75, 3.05) is 7.05 Å². The van der Waals surface area contributed by atoms with E-state index in [1.807, 2.05) is 18.4 Å². The second-order valence-electron chi connectivity index (χ2n) is 3.94. The van der Waals surface area contributed by atoms with Crippen LogP contribution < -0.4 is 5.32 Å². The monoisotopic (exact) mass is 271 g/mol. The Labute approximate surface area is 107 Å². The first-order valence-corrected chi connectivity index (χ1v) is 6.28. The van der Waals surface area contributed by atoms with Gasteiger partial charge in [-0.15, -0.1) is 11.3 Å². The van der Waals surface area contributed by atoms with Crippen molar-refractivity contribution in [2.24, 2.45) is 0 Å². The number of thiophene rings is 1. The molecule has 96 valence electrons. The molecule has 5 heteroatoms. The molecule has 1 aromatic heterocycles. The normalized spacial score (nSPS) is 12.7. The van der Waals surface area contributed by atoms with E-state index in [1.54, 1.807) is 7.05 Å². The summed E-state index contributed by atoms with van der Waals surface area (Å²) >= 11 is 1.50. The van der Waals surface area contributed by atoms with Gasteiger partial charge in [0.25, 0.3) is 0 Å². The fourth-order valence-corrected chi connectivity index (χ4v) is 2.72. The van der Waals surface area contributed by atoms with Crippen LogP contribution >= 0.6 is 11.3 Å². The van der Waals surface area contributed by atoms with E-state index in [2.05, 4.69) is 5.32 Å². The van der Waals surface area contributed by atoms with Crippen LogP contribution in [0.4, 0.5) is 13.2 Å². The quantitative estimate of drug-likeness (QED) is 0.895. The molecule has 1 nitrogen and oxygen atoms in total. The number of hydrogen-bond acceptors (Lipinski definition) is 2. The van der Waals surface area contributed by atoms with E-state index >= 15 is 0 Å².